The van der Waals surface area contributed by atoms with E-state index in [1.807, 2.05) is 6.20 Å². The Kier molecular flexibility index (Phi) is 5.01. The summed E-state index contributed by atoms with van der Waals surface area (Å²) in [5.74, 6) is 1.73. The van der Waals surface area contributed by atoms with Gasteiger partial charge in [-0.05, 0) is 53.4 Å². The predicted octanol–water partition coefficient (Wildman–Crippen LogP) is 3.06. The van der Waals surface area contributed by atoms with E-state index in [0.29, 0.717) is 12.0 Å². The van der Waals surface area contributed by atoms with Gasteiger partial charge >= 0.3 is 0 Å². The maximum atomic E-state index is 4.52. The van der Waals surface area contributed by atoms with E-state index in [9.17, 15) is 0 Å². The molecule has 0 saturated carbocycles. The van der Waals surface area contributed by atoms with Gasteiger partial charge < -0.3 is 10.2 Å². The average Bonchev–Trinajstić information content (AvgIpc) is 2.81. The Morgan fingerprint density at radius 3 is 2.89 bits per heavy atom. The topological polar surface area (TPSA) is 28.2 Å². The first-order valence-electron chi connectivity index (χ1n) is 6.75. The van der Waals surface area contributed by atoms with Crippen LogP contribution >= 0.6 is 15.9 Å². The van der Waals surface area contributed by atoms with Crippen LogP contribution in [0.15, 0.2) is 22.8 Å². The minimum atomic E-state index is 0.620. The Labute approximate surface area is 118 Å². The van der Waals surface area contributed by atoms with Crippen molar-refractivity contribution in [1.82, 2.24) is 10.3 Å². The van der Waals surface area contributed by atoms with Crippen LogP contribution in [0.4, 0.5) is 5.82 Å². The standard InChI is InChI=1S/C14H22BrN3/c1-11(2)9-18(10-13-4-3-7-16-13)14-6-5-12(15)8-17-14/h5-6,8,11,13,16H,3-4,7,9-10H2,1-2H3. The molecule has 4 heteroatoms. The lowest BCUT2D eigenvalue weighted by molar-refractivity contribution is 0.537. The van der Waals surface area contributed by atoms with Crippen LogP contribution in [0, 0.1) is 5.92 Å². The second-order valence-electron chi connectivity index (χ2n) is 5.43. The van der Waals surface area contributed by atoms with Crippen molar-refractivity contribution >= 4 is 21.7 Å². The van der Waals surface area contributed by atoms with E-state index in [0.717, 1.165) is 29.9 Å². The molecule has 18 heavy (non-hydrogen) atoms. The third-order valence-electron chi connectivity index (χ3n) is 3.22. The maximum absolute atomic E-state index is 4.52. The molecule has 1 atom stereocenters. The van der Waals surface area contributed by atoms with Crippen molar-refractivity contribution < 1.29 is 0 Å². The summed E-state index contributed by atoms with van der Waals surface area (Å²) in [5, 5.41) is 3.56. The summed E-state index contributed by atoms with van der Waals surface area (Å²) in [6, 6.07) is 4.79. The molecule has 1 aromatic rings. The van der Waals surface area contributed by atoms with Crippen LogP contribution < -0.4 is 10.2 Å². The van der Waals surface area contributed by atoms with Gasteiger partial charge in [-0.3, -0.25) is 0 Å². The summed E-state index contributed by atoms with van der Waals surface area (Å²) in [7, 11) is 0. The second kappa shape index (κ2) is 6.53. The summed E-state index contributed by atoms with van der Waals surface area (Å²) >= 11 is 3.44. The molecule has 0 bridgehead atoms. The lowest BCUT2D eigenvalue weighted by atomic mass is 10.1. The molecule has 0 amide bonds. The first-order valence-corrected chi connectivity index (χ1v) is 7.54. The maximum Gasteiger partial charge on any atom is 0.128 e. The highest BCUT2D eigenvalue weighted by Crippen LogP contribution is 2.18. The first-order chi connectivity index (χ1) is 8.65. The van der Waals surface area contributed by atoms with Crippen molar-refractivity contribution in [2.75, 3.05) is 24.5 Å². The number of nitrogens with zero attached hydrogens (tertiary/aromatic N) is 2. The lowest BCUT2D eigenvalue weighted by Gasteiger charge is -2.28. The molecule has 1 unspecified atom stereocenters. The summed E-state index contributed by atoms with van der Waals surface area (Å²) in [6.07, 6.45) is 4.46. The molecule has 2 rings (SSSR count). The van der Waals surface area contributed by atoms with Gasteiger partial charge in [0.1, 0.15) is 5.82 Å². The average molecular weight is 312 g/mol. The van der Waals surface area contributed by atoms with E-state index in [1.54, 1.807) is 0 Å². The fourth-order valence-corrected chi connectivity index (χ4v) is 2.67. The van der Waals surface area contributed by atoms with E-state index in [4.69, 9.17) is 0 Å². The van der Waals surface area contributed by atoms with E-state index in [1.165, 1.54) is 12.8 Å². The fraction of sp³-hybridized carbons (Fsp3) is 0.643. The van der Waals surface area contributed by atoms with Crippen LogP contribution in [0.3, 0.4) is 0 Å². The molecule has 0 spiro atoms. The van der Waals surface area contributed by atoms with Gasteiger partial charge in [0.15, 0.2) is 0 Å². The monoisotopic (exact) mass is 311 g/mol. The van der Waals surface area contributed by atoms with Crippen molar-refractivity contribution in [2.45, 2.75) is 32.7 Å². The smallest absolute Gasteiger partial charge is 0.128 e. The lowest BCUT2D eigenvalue weighted by Crippen LogP contribution is -2.39. The molecule has 0 aliphatic carbocycles. The minimum absolute atomic E-state index is 0.620. The van der Waals surface area contributed by atoms with Crippen LogP contribution in [-0.4, -0.2) is 30.7 Å². The minimum Gasteiger partial charge on any atom is -0.355 e. The molecule has 1 aromatic heterocycles. The highest BCUT2D eigenvalue weighted by molar-refractivity contribution is 9.10. The number of anilines is 1. The van der Waals surface area contributed by atoms with Crippen molar-refractivity contribution in [3.8, 4) is 0 Å². The molecule has 0 aromatic carbocycles. The molecular formula is C14H22BrN3. The number of rotatable bonds is 5. The molecule has 3 nitrogen and oxygen atoms in total. The zero-order valence-corrected chi connectivity index (χ0v) is 12.8. The van der Waals surface area contributed by atoms with Gasteiger partial charge in [0.05, 0.1) is 0 Å². The van der Waals surface area contributed by atoms with Gasteiger partial charge in [0.25, 0.3) is 0 Å². The van der Waals surface area contributed by atoms with Crippen LogP contribution in [0.5, 0.6) is 0 Å². The molecule has 1 N–H and O–H groups in total. The number of hydrogen-bond acceptors (Lipinski definition) is 3. The van der Waals surface area contributed by atoms with E-state index in [-0.39, 0.29) is 0 Å². The quantitative estimate of drug-likeness (QED) is 0.906. The Balaban J connectivity index is 2.05. The molecule has 0 radical (unpaired) electrons. The SMILES string of the molecule is CC(C)CN(CC1CCCN1)c1ccc(Br)cn1. The summed E-state index contributed by atoms with van der Waals surface area (Å²) < 4.78 is 1.04. The number of hydrogen-bond donors (Lipinski definition) is 1. The van der Waals surface area contributed by atoms with Gasteiger partial charge in [-0.1, -0.05) is 13.8 Å². The zero-order chi connectivity index (χ0) is 13.0. The summed E-state index contributed by atoms with van der Waals surface area (Å²) in [4.78, 5) is 6.93. The Morgan fingerprint density at radius 2 is 2.33 bits per heavy atom. The molecule has 100 valence electrons. The van der Waals surface area contributed by atoms with Gasteiger partial charge in [0.2, 0.25) is 0 Å². The van der Waals surface area contributed by atoms with Crippen molar-refractivity contribution in [2.24, 2.45) is 5.92 Å². The van der Waals surface area contributed by atoms with Gasteiger partial charge in [-0.15, -0.1) is 0 Å². The highest BCUT2D eigenvalue weighted by atomic mass is 79.9. The van der Waals surface area contributed by atoms with Crippen molar-refractivity contribution in [3.63, 3.8) is 0 Å². The normalized spacial score (nSPS) is 19.4. The summed E-state index contributed by atoms with van der Waals surface area (Å²) in [6.45, 7) is 7.80. The molecule has 2 heterocycles. The fourth-order valence-electron chi connectivity index (χ4n) is 2.44. The Bertz CT molecular complexity index is 358. The molecule has 1 saturated heterocycles. The first kappa shape index (κ1) is 13.8. The van der Waals surface area contributed by atoms with Crippen LogP contribution in [0.25, 0.3) is 0 Å². The van der Waals surface area contributed by atoms with Crippen LogP contribution in [0.2, 0.25) is 0 Å². The van der Waals surface area contributed by atoms with E-state index < -0.39 is 0 Å². The third kappa shape index (κ3) is 3.95. The van der Waals surface area contributed by atoms with Gasteiger partial charge in [0, 0.05) is 29.8 Å². The molecular weight excluding hydrogens is 290 g/mol. The summed E-state index contributed by atoms with van der Waals surface area (Å²) in [5.41, 5.74) is 0. The Morgan fingerprint density at radius 1 is 1.50 bits per heavy atom. The van der Waals surface area contributed by atoms with E-state index in [2.05, 4.69) is 57.1 Å². The number of nitrogens with one attached hydrogen (secondary N) is 1. The van der Waals surface area contributed by atoms with Gasteiger partial charge in [-0.25, -0.2) is 4.98 Å². The molecule has 1 aliphatic rings. The predicted molar refractivity (Wildman–Crippen MR) is 80.0 cm³/mol. The van der Waals surface area contributed by atoms with Crippen LogP contribution in [0.1, 0.15) is 26.7 Å². The molecule has 1 aliphatic heterocycles. The number of halogens is 1. The van der Waals surface area contributed by atoms with Crippen molar-refractivity contribution in [3.05, 3.63) is 22.8 Å². The number of pyridine rings is 1. The van der Waals surface area contributed by atoms with Crippen LogP contribution in [-0.2, 0) is 0 Å². The van der Waals surface area contributed by atoms with E-state index >= 15 is 0 Å². The zero-order valence-electron chi connectivity index (χ0n) is 11.2. The van der Waals surface area contributed by atoms with Crippen molar-refractivity contribution in [1.29, 1.82) is 0 Å². The number of aromatic nitrogens is 1. The highest BCUT2D eigenvalue weighted by Gasteiger charge is 2.19. The molecule has 1 fully saturated rings. The third-order valence-corrected chi connectivity index (χ3v) is 3.69. The largest absolute Gasteiger partial charge is 0.355 e. The second-order valence-corrected chi connectivity index (χ2v) is 6.34. The van der Waals surface area contributed by atoms with Gasteiger partial charge in [-0.2, -0.15) is 0 Å². The Hall–Kier alpha value is -0.610.